The van der Waals surface area contributed by atoms with Gasteiger partial charge in [0.2, 0.25) is 0 Å². The smallest absolute Gasteiger partial charge is 0.338 e. The second-order valence-electron chi connectivity index (χ2n) is 6.66. The van der Waals surface area contributed by atoms with Crippen LogP contribution in [0, 0.1) is 5.82 Å². The van der Waals surface area contributed by atoms with Gasteiger partial charge in [0.15, 0.2) is 6.61 Å². The second-order valence-corrected chi connectivity index (χ2v) is 6.66. The van der Waals surface area contributed by atoms with Crippen LogP contribution in [0.1, 0.15) is 15.9 Å². The van der Waals surface area contributed by atoms with Crippen LogP contribution in [-0.2, 0) is 16.1 Å². The highest BCUT2D eigenvalue weighted by molar-refractivity contribution is 5.95. The molecule has 0 aliphatic carbocycles. The fourth-order valence-corrected chi connectivity index (χ4v) is 2.94. The number of rotatable bonds is 6. The maximum absolute atomic E-state index is 12.9. The van der Waals surface area contributed by atoms with Gasteiger partial charge in [0, 0.05) is 12.1 Å². The van der Waals surface area contributed by atoms with E-state index < -0.39 is 18.5 Å². The van der Waals surface area contributed by atoms with Crippen molar-refractivity contribution in [1.82, 2.24) is 15.3 Å². The lowest BCUT2D eigenvalue weighted by Gasteiger charge is -2.07. The van der Waals surface area contributed by atoms with Crippen molar-refractivity contribution in [2.24, 2.45) is 0 Å². The second kappa shape index (κ2) is 8.57. The number of aromatic amines is 1. The molecule has 0 radical (unpaired) electrons. The Kier molecular flexibility index (Phi) is 5.52. The minimum Gasteiger partial charge on any atom is -0.452 e. The molecule has 0 saturated heterocycles. The monoisotopic (exact) mass is 403 g/mol. The summed E-state index contributed by atoms with van der Waals surface area (Å²) in [5.41, 5.74) is 3.43. The number of nitrogens with one attached hydrogen (secondary N) is 2. The molecular formula is C23H18FN3O3. The highest BCUT2D eigenvalue weighted by Gasteiger charge is 2.13. The Bertz CT molecular complexity index is 1190. The molecule has 4 aromatic rings. The molecule has 2 N–H and O–H groups in total. The van der Waals surface area contributed by atoms with Crippen LogP contribution in [0.15, 0.2) is 72.8 Å². The van der Waals surface area contributed by atoms with E-state index in [9.17, 15) is 14.0 Å². The lowest BCUT2D eigenvalue weighted by Crippen LogP contribution is -2.28. The van der Waals surface area contributed by atoms with Crippen LogP contribution < -0.4 is 5.32 Å². The number of halogens is 1. The van der Waals surface area contributed by atoms with Crippen molar-refractivity contribution in [3.8, 4) is 11.4 Å². The molecule has 1 aromatic heterocycles. The van der Waals surface area contributed by atoms with E-state index in [4.69, 9.17) is 4.74 Å². The van der Waals surface area contributed by atoms with Crippen molar-refractivity contribution < 1.29 is 18.7 Å². The zero-order valence-corrected chi connectivity index (χ0v) is 15.9. The van der Waals surface area contributed by atoms with Gasteiger partial charge in [-0.15, -0.1) is 0 Å². The Balaban J connectivity index is 1.35. The van der Waals surface area contributed by atoms with Crippen LogP contribution in [0.4, 0.5) is 4.39 Å². The van der Waals surface area contributed by atoms with E-state index >= 15 is 0 Å². The summed E-state index contributed by atoms with van der Waals surface area (Å²) in [4.78, 5) is 31.9. The molecule has 4 rings (SSSR count). The van der Waals surface area contributed by atoms with Gasteiger partial charge >= 0.3 is 5.97 Å². The first-order valence-electron chi connectivity index (χ1n) is 9.32. The molecule has 0 saturated carbocycles. The maximum Gasteiger partial charge on any atom is 0.338 e. The third-order valence-electron chi connectivity index (χ3n) is 4.50. The fourth-order valence-electron chi connectivity index (χ4n) is 2.94. The molecule has 150 valence electrons. The third-order valence-corrected chi connectivity index (χ3v) is 4.50. The summed E-state index contributed by atoms with van der Waals surface area (Å²) in [6.45, 7) is -0.185. The summed E-state index contributed by atoms with van der Waals surface area (Å²) in [5.74, 6) is -0.688. The zero-order valence-electron chi connectivity index (χ0n) is 15.9. The molecule has 6 nitrogen and oxygen atoms in total. The number of imidazole rings is 1. The van der Waals surface area contributed by atoms with Crippen LogP contribution >= 0.6 is 0 Å². The summed E-state index contributed by atoms with van der Waals surface area (Å²) in [5, 5.41) is 2.62. The van der Waals surface area contributed by atoms with Crippen molar-refractivity contribution in [1.29, 1.82) is 0 Å². The highest BCUT2D eigenvalue weighted by atomic mass is 19.1. The molecular weight excluding hydrogens is 385 g/mol. The van der Waals surface area contributed by atoms with Crippen molar-refractivity contribution in [3.05, 3.63) is 89.7 Å². The molecule has 1 amide bonds. The number of carbonyl (C=O) groups is 2. The van der Waals surface area contributed by atoms with Gasteiger partial charge in [-0.1, -0.05) is 42.5 Å². The number of hydrogen-bond acceptors (Lipinski definition) is 4. The largest absolute Gasteiger partial charge is 0.452 e. The van der Waals surface area contributed by atoms with Gasteiger partial charge in [-0.05, 0) is 35.9 Å². The van der Waals surface area contributed by atoms with Gasteiger partial charge in [0.25, 0.3) is 5.91 Å². The van der Waals surface area contributed by atoms with Crippen LogP contribution in [0.25, 0.3) is 22.4 Å². The quantitative estimate of drug-likeness (QED) is 0.479. The highest BCUT2D eigenvalue weighted by Crippen LogP contribution is 2.21. The summed E-state index contributed by atoms with van der Waals surface area (Å²) < 4.78 is 18.0. The predicted molar refractivity (Wildman–Crippen MR) is 110 cm³/mol. The standard InChI is InChI=1S/C23H18FN3O3/c24-18-9-6-15(7-10-18)13-25-21(28)14-30-23(29)17-8-11-19-20(12-17)27-22(26-19)16-4-2-1-3-5-16/h1-12H,13-14H2,(H,25,28)(H,26,27). The molecule has 0 unspecified atom stereocenters. The van der Waals surface area contributed by atoms with Crippen molar-refractivity contribution in [3.63, 3.8) is 0 Å². The summed E-state index contributed by atoms with van der Waals surface area (Å²) >= 11 is 0. The number of ether oxygens (including phenoxy) is 1. The molecule has 0 fully saturated rings. The molecule has 0 atom stereocenters. The number of nitrogens with zero attached hydrogens (tertiary/aromatic N) is 1. The summed E-state index contributed by atoms with van der Waals surface area (Å²) in [6, 6.07) is 20.4. The van der Waals surface area contributed by atoms with Crippen molar-refractivity contribution in [2.75, 3.05) is 6.61 Å². The zero-order chi connectivity index (χ0) is 20.9. The van der Waals surface area contributed by atoms with Gasteiger partial charge in [0.1, 0.15) is 11.6 Å². The molecule has 0 bridgehead atoms. The molecule has 0 spiro atoms. The van der Waals surface area contributed by atoms with Crippen LogP contribution in [0.2, 0.25) is 0 Å². The number of carbonyl (C=O) groups excluding carboxylic acids is 2. The topological polar surface area (TPSA) is 84.1 Å². The number of esters is 1. The Morgan fingerprint density at radius 3 is 2.53 bits per heavy atom. The minimum atomic E-state index is -0.607. The first-order chi connectivity index (χ1) is 14.6. The maximum atomic E-state index is 12.9. The Labute approximate surface area is 171 Å². The number of H-pyrrole nitrogens is 1. The fraction of sp³-hybridized carbons (Fsp3) is 0.0870. The Morgan fingerprint density at radius 1 is 1.00 bits per heavy atom. The Morgan fingerprint density at radius 2 is 1.77 bits per heavy atom. The van der Waals surface area contributed by atoms with Gasteiger partial charge in [0.05, 0.1) is 16.6 Å². The van der Waals surface area contributed by atoms with Crippen molar-refractivity contribution >= 4 is 22.9 Å². The predicted octanol–water partition coefficient (Wildman–Crippen LogP) is 3.84. The average molecular weight is 403 g/mol. The lowest BCUT2D eigenvalue weighted by molar-refractivity contribution is -0.124. The van der Waals surface area contributed by atoms with Crippen molar-refractivity contribution in [2.45, 2.75) is 6.54 Å². The van der Waals surface area contributed by atoms with Gasteiger partial charge in [-0.25, -0.2) is 14.2 Å². The summed E-state index contributed by atoms with van der Waals surface area (Å²) in [7, 11) is 0. The lowest BCUT2D eigenvalue weighted by atomic mass is 10.2. The van der Waals surface area contributed by atoms with Gasteiger partial charge in [-0.3, -0.25) is 4.79 Å². The first-order valence-corrected chi connectivity index (χ1v) is 9.32. The van der Waals surface area contributed by atoms with E-state index in [0.717, 1.165) is 16.6 Å². The Hall–Kier alpha value is -4.00. The number of aromatic nitrogens is 2. The molecule has 0 aliphatic heterocycles. The van der Waals surface area contributed by atoms with E-state index in [0.29, 0.717) is 16.9 Å². The molecule has 7 heteroatoms. The average Bonchev–Trinajstić information content (AvgIpc) is 3.21. The molecule has 3 aromatic carbocycles. The number of fused-ring (bicyclic) bond motifs is 1. The first kappa shape index (κ1) is 19.3. The summed E-state index contributed by atoms with van der Waals surface area (Å²) in [6.07, 6.45) is 0. The van der Waals surface area contributed by atoms with E-state index in [1.807, 2.05) is 30.3 Å². The molecule has 0 aliphatic rings. The number of hydrogen-bond donors (Lipinski definition) is 2. The van der Waals surface area contributed by atoms with Crippen LogP contribution in [-0.4, -0.2) is 28.5 Å². The molecule has 30 heavy (non-hydrogen) atoms. The normalized spacial score (nSPS) is 10.7. The van der Waals surface area contributed by atoms with Crippen LogP contribution in [0.3, 0.4) is 0 Å². The molecule has 1 heterocycles. The minimum absolute atomic E-state index is 0.221. The number of benzene rings is 3. The number of amides is 1. The van der Waals surface area contributed by atoms with Gasteiger partial charge < -0.3 is 15.0 Å². The van der Waals surface area contributed by atoms with E-state index in [1.165, 1.54) is 12.1 Å². The third kappa shape index (κ3) is 4.52. The van der Waals surface area contributed by atoms with E-state index in [2.05, 4.69) is 15.3 Å². The van der Waals surface area contributed by atoms with Gasteiger partial charge in [-0.2, -0.15) is 0 Å². The van der Waals surface area contributed by atoms with Crippen LogP contribution in [0.5, 0.6) is 0 Å². The van der Waals surface area contributed by atoms with E-state index in [-0.39, 0.29) is 12.4 Å². The SMILES string of the molecule is O=C(COC(=O)c1ccc2nc(-c3ccccc3)[nH]c2c1)NCc1ccc(F)cc1. The van der Waals surface area contributed by atoms with E-state index in [1.54, 1.807) is 30.3 Å².